The Morgan fingerprint density at radius 2 is 2.00 bits per heavy atom. The Labute approximate surface area is 136 Å². The van der Waals surface area contributed by atoms with Gasteiger partial charge in [-0.25, -0.2) is 23.1 Å². The maximum Gasteiger partial charge on any atom is 0.240 e. The lowest BCUT2D eigenvalue weighted by molar-refractivity contribution is 0.579. The monoisotopic (exact) mass is 332 g/mol. The predicted octanol–water partition coefficient (Wildman–Crippen LogP) is 1.86. The first kappa shape index (κ1) is 15.9. The van der Waals surface area contributed by atoms with Crippen LogP contribution in [-0.2, 0) is 16.6 Å². The number of sulfonamides is 1. The van der Waals surface area contributed by atoms with E-state index in [1.54, 1.807) is 24.4 Å². The van der Waals surface area contributed by atoms with Crippen LogP contribution in [0.1, 0.15) is 24.2 Å². The highest BCUT2D eigenvalue weighted by molar-refractivity contribution is 7.89. The Morgan fingerprint density at radius 3 is 2.74 bits per heavy atom. The topological polar surface area (TPSA) is 75.2 Å². The van der Waals surface area contributed by atoms with Gasteiger partial charge >= 0.3 is 0 Å². The number of aromatic nitrogens is 2. The molecule has 0 aliphatic carbocycles. The van der Waals surface area contributed by atoms with Crippen LogP contribution in [-0.4, -0.2) is 31.5 Å². The summed E-state index contributed by atoms with van der Waals surface area (Å²) in [4.78, 5) is 11.1. The summed E-state index contributed by atoms with van der Waals surface area (Å²) in [6.45, 7) is 3.93. The van der Waals surface area contributed by atoms with Gasteiger partial charge in [0.05, 0.1) is 11.4 Å². The molecular weight excluding hydrogens is 312 g/mol. The van der Waals surface area contributed by atoms with Crippen LogP contribution >= 0.6 is 0 Å². The molecule has 0 saturated carbocycles. The summed E-state index contributed by atoms with van der Waals surface area (Å²) in [6, 6.07) is 8.68. The van der Waals surface area contributed by atoms with Gasteiger partial charge in [-0.15, -0.1) is 0 Å². The van der Waals surface area contributed by atoms with Crippen LogP contribution < -0.4 is 9.62 Å². The SMILES string of the molecule is Cc1cccc(S(=O)(=O)NCc2nccc(N3CCCC3)n2)c1. The van der Waals surface area contributed by atoms with E-state index in [1.165, 1.54) is 12.8 Å². The average Bonchev–Trinajstić information content (AvgIpc) is 3.08. The molecule has 1 aliphatic rings. The lowest BCUT2D eigenvalue weighted by atomic mass is 10.2. The highest BCUT2D eigenvalue weighted by Crippen LogP contribution is 2.17. The van der Waals surface area contributed by atoms with Crippen LogP contribution in [0.2, 0.25) is 0 Å². The number of nitrogens with zero attached hydrogens (tertiary/aromatic N) is 3. The fourth-order valence-corrected chi connectivity index (χ4v) is 3.71. The Morgan fingerprint density at radius 1 is 1.22 bits per heavy atom. The molecule has 1 fully saturated rings. The fraction of sp³-hybridized carbons (Fsp3) is 0.375. The van der Waals surface area contributed by atoms with Crippen LogP contribution in [0.5, 0.6) is 0 Å². The summed E-state index contributed by atoms with van der Waals surface area (Å²) in [5.41, 5.74) is 0.903. The first-order chi connectivity index (χ1) is 11.0. The number of hydrogen-bond donors (Lipinski definition) is 1. The molecule has 2 aromatic rings. The van der Waals surface area contributed by atoms with Crippen molar-refractivity contribution < 1.29 is 8.42 Å². The minimum absolute atomic E-state index is 0.0813. The molecule has 1 N–H and O–H groups in total. The second kappa shape index (κ2) is 6.64. The van der Waals surface area contributed by atoms with Crippen LogP contribution in [0.4, 0.5) is 5.82 Å². The summed E-state index contributed by atoms with van der Waals surface area (Å²) in [6.07, 6.45) is 4.01. The molecule has 122 valence electrons. The summed E-state index contributed by atoms with van der Waals surface area (Å²) in [7, 11) is -3.56. The van der Waals surface area contributed by atoms with Gasteiger partial charge in [-0.1, -0.05) is 12.1 Å². The summed E-state index contributed by atoms with van der Waals surface area (Å²) >= 11 is 0. The number of hydrogen-bond acceptors (Lipinski definition) is 5. The molecule has 0 atom stereocenters. The summed E-state index contributed by atoms with van der Waals surface area (Å²) in [5.74, 6) is 1.34. The molecule has 0 amide bonds. The van der Waals surface area contributed by atoms with E-state index in [0.29, 0.717) is 5.82 Å². The van der Waals surface area contributed by atoms with Gasteiger partial charge in [0.25, 0.3) is 0 Å². The van der Waals surface area contributed by atoms with Gasteiger partial charge in [-0.2, -0.15) is 0 Å². The van der Waals surface area contributed by atoms with E-state index in [-0.39, 0.29) is 11.4 Å². The molecule has 3 rings (SSSR count). The molecule has 0 radical (unpaired) electrons. The molecule has 1 aliphatic heterocycles. The number of nitrogens with one attached hydrogen (secondary N) is 1. The van der Waals surface area contributed by atoms with Gasteiger partial charge in [0.1, 0.15) is 11.6 Å². The van der Waals surface area contributed by atoms with Crippen LogP contribution in [0.15, 0.2) is 41.4 Å². The third kappa shape index (κ3) is 3.86. The van der Waals surface area contributed by atoms with Crippen molar-refractivity contribution in [3.63, 3.8) is 0 Å². The Bertz CT molecular complexity index is 786. The minimum atomic E-state index is -3.56. The van der Waals surface area contributed by atoms with Crippen molar-refractivity contribution in [3.05, 3.63) is 47.9 Å². The molecule has 0 bridgehead atoms. The van der Waals surface area contributed by atoms with Gasteiger partial charge in [0, 0.05) is 19.3 Å². The summed E-state index contributed by atoms with van der Waals surface area (Å²) < 4.78 is 27.2. The van der Waals surface area contributed by atoms with Crippen molar-refractivity contribution in [2.45, 2.75) is 31.2 Å². The zero-order valence-corrected chi connectivity index (χ0v) is 13.9. The van der Waals surface area contributed by atoms with Gasteiger partial charge in [0.15, 0.2) is 0 Å². The maximum absolute atomic E-state index is 12.3. The van der Waals surface area contributed by atoms with Crippen LogP contribution in [0, 0.1) is 6.92 Å². The Balaban J connectivity index is 1.71. The zero-order chi connectivity index (χ0) is 16.3. The predicted molar refractivity (Wildman–Crippen MR) is 88.7 cm³/mol. The first-order valence-corrected chi connectivity index (χ1v) is 9.16. The van der Waals surface area contributed by atoms with Crippen molar-refractivity contribution in [2.75, 3.05) is 18.0 Å². The lowest BCUT2D eigenvalue weighted by Gasteiger charge is -2.16. The van der Waals surface area contributed by atoms with Crippen molar-refractivity contribution >= 4 is 15.8 Å². The van der Waals surface area contributed by atoms with Gasteiger partial charge in [0.2, 0.25) is 10.0 Å². The largest absolute Gasteiger partial charge is 0.357 e. The number of benzene rings is 1. The highest BCUT2D eigenvalue weighted by atomic mass is 32.2. The van der Waals surface area contributed by atoms with Crippen molar-refractivity contribution in [1.82, 2.24) is 14.7 Å². The van der Waals surface area contributed by atoms with E-state index in [9.17, 15) is 8.42 Å². The van der Waals surface area contributed by atoms with Crippen LogP contribution in [0.25, 0.3) is 0 Å². The van der Waals surface area contributed by atoms with Crippen LogP contribution in [0.3, 0.4) is 0 Å². The van der Waals surface area contributed by atoms with E-state index >= 15 is 0 Å². The molecule has 1 aromatic carbocycles. The van der Waals surface area contributed by atoms with E-state index in [4.69, 9.17) is 0 Å². The normalized spacial score (nSPS) is 15.1. The van der Waals surface area contributed by atoms with Crippen molar-refractivity contribution in [1.29, 1.82) is 0 Å². The average molecular weight is 332 g/mol. The number of aryl methyl sites for hydroxylation is 1. The third-order valence-corrected chi connectivity index (χ3v) is 5.24. The van der Waals surface area contributed by atoms with Crippen molar-refractivity contribution in [2.24, 2.45) is 0 Å². The van der Waals surface area contributed by atoms with Gasteiger partial charge in [-0.3, -0.25) is 0 Å². The minimum Gasteiger partial charge on any atom is -0.357 e. The van der Waals surface area contributed by atoms with Gasteiger partial charge < -0.3 is 4.90 Å². The Hall–Kier alpha value is -1.99. The second-order valence-corrected chi connectivity index (χ2v) is 7.43. The summed E-state index contributed by atoms with van der Waals surface area (Å²) in [5, 5.41) is 0. The molecule has 2 heterocycles. The van der Waals surface area contributed by atoms with E-state index in [2.05, 4.69) is 19.6 Å². The lowest BCUT2D eigenvalue weighted by Crippen LogP contribution is -2.25. The second-order valence-electron chi connectivity index (χ2n) is 5.67. The molecule has 6 nitrogen and oxygen atoms in total. The fourth-order valence-electron chi connectivity index (χ4n) is 2.62. The zero-order valence-electron chi connectivity index (χ0n) is 13.1. The molecule has 23 heavy (non-hydrogen) atoms. The molecule has 7 heteroatoms. The number of rotatable bonds is 5. The molecule has 1 aromatic heterocycles. The smallest absolute Gasteiger partial charge is 0.240 e. The standard InChI is InChI=1S/C16H20N4O2S/c1-13-5-4-6-14(11-13)23(21,22)18-12-15-17-8-7-16(19-15)20-9-2-3-10-20/h4-8,11,18H,2-3,9-10,12H2,1H3. The van der Waals surface area contributed by atoms with Crippen molar-refractivity contribution in [3.8, 4) is 0 Å². The molecule has 0 unspecified atom stereocenters. The van der Waals surface area contributed by atoms with E-state index in [1.807, 2.05) is 19.1 Å². The first-order valence-electron chi connectivity index (χ1n) is 7.68. The quantitative estimate of drug-likeness (QED) is 0.904. The van der Waals surface area contributed by atoms with E-state index < -0.39 is 10.0 Å². The number of anilines is 1. The molecule has 0 spiro atoms. The third-order valence-electron chi connectivity index (χ3n) is 3.84. The molecular formula is C16H20N4O2S. The van der Waals surface area contributed by atoms with E-state index in [0.717, 1.165) is 24.5 Å². The Kier molecular flexibility index (Phi) is 4.58. The molecule has 1 saturated heterocycles. The maximum atomic E-state index is 12.3. The highest BCUT2D eigenvalue weighted by Gasteiger charge is 2.16. The van der Waals surface area contributed by atoms with Gasteiger partial charge in [-0.05, 0) is 43.5 Å².